The average Bonchev–Trinajstić information content (AvgIpc) is 2.65. The quantitative estimate of drug-likeness (QED) is 0.730. The van der Waals surface area contributed by atoms with Crippen LogP contribution in [0.5, 0.6) is 11.5 Å². The summed E-state index contributed by atoms with van der Waals surface area (Å²) in [6, 6.07) is 14.6. The second kappa shape index (κ2) is 9.78. The molecule has 2 N–H and O–H groups in total. The van der Waals surface area contributed by atoms with E-state index in [4.69, 9.17) is 9.47 Å². The Kier molecular flexibility index (Phi) is 7.44. The summed E-state index contributed by atoms with van der Waals surface area (Å²) in [5.41, 5.74) is 1.73. The van der Waals surface area contributed by atoms with Gasteiger partial charge in [0.1, 0.15) is 11.5 Å². The fourth-order valence-corrected chi connectivity index (χ4v) is 2.46. The molecule has 0 bridgehead atoms. The van der Waals surface area contributed by atoms with Crippen molar-refractivity contribution in [2.24, 2.45) is 0 Å². The van der Waals surface area contributed by atoms with Crippen LogP contribution in [0.4, 0.5) is 5.69 Å². The minimum Gasteiger partial charge on any atom is -0.484 e. The molecule has 28 heavy (non-hydrogen) atoms. The zero-order chi connectivity index (χ0) is 20.6. The number of carbonyl (C=O) groups excluding carboxylic acids is 2. The number of hydrogen-bond donors (Lipinski definition) is 2. The molecule has 0 aliphatic rings. The highest BCUT2D eigenvalue weighted by Gasteiger charge is 2.14. The highest BCUT2D eigenvalue weighted by molar-refractivity contribution is 5.92. The summed E-state index contributed by atoms with van der Waals surface area (Å²) < 4.78 is 11.0. The van der Waals surface area contributed by atoms with Gasteiger partial charge in [0.2, 0.25) is 0 Å². The van der Waals surface area contributed by atoms with Gasteiger partial charge in [0.05, 0.1) is 0 Å². The summed E-state index contributed by atoms with van der Waals surface area (Å²) in [6.45, 7) is 8.60. The summed E-state index contributed by atoms with van der Waals surface area (Å²) in [6.07, 6.45) is 0. The van der Waals surface area contributed by atoms with Crippen LogP contribution in [0.25, 0.3) is 0 Å². The SMILES string of the molecule is CCNC(=O)COc1cccc(NC(=O)COc2cccc(C(C)(C)C)c2)c1. The van der Waals surface area contributed by atoms with Crippen molar-refractivity contribution in [3.05, 3.63) is 54.1 Å². The molecule has 2 aromatic carbocycles. The van der Waals surface area contributed by atoms with Crippen LogP contribution in [0, 0.1) is 0 Å². The average molecular weight is 384 g/mol. The molecule has 6 heteroatoms. The van der Waals surface area contributed by atoms with Crippen LogP contribution in [0.3, 0.4) is 0 Å². The third-order valence-corrected chi connectivity index (χ3v) is 3.93. The highest BCUT2D eigenvalue weighted by Crippen LogP contribution is 2.25. The topological polar surface area (TPSA) is 76.7 Å². The minimum atomic E-state index is -0.276. The summed E-state index contributed by atoms with van der Waals surface area (Å²) in [5, 5.41) is 5.42. The van der Waals surface area contributed by atoms with Crippen molar-refractivity contribution in [2.75, 3.05) is 25.1 Å². The standard InChI is InChI=1S/C22H28N2O4/c1-5-23-20(25)14-27-19-11-7-9-17(13-19)24-21(26)15-28-18-10-6-8-16(12-18)22(2,3)4/h6-13H,5,14-15H2,1-4H3,(H,23,25)(H,24,26). The molecule has 2 rings (SSSR count). The number of anilines is 1. The molecule has 0 heterocycles. The molecule has 2 amide bonds. The van der Waals surface area contributed by atoms with Gasteiger partial charge in [-0.3, -0.25) is 9.59 Å². The van der Waals surface area contributed by atoms with Crippen molar-refractivity contribution in [3.63, 3.8) is 0 Å². The van der Waals surface area contributed by atoms with E-state index < -0.39 is 0 Å². The number of ether oxygens (including phenoxy) is 2. The van der Waals surface area contributed by atoms with E-state index in [1.807, 2.05) is 31.2 Å². The van der Waals surface area contributed by atoms with E-state index in [9.17, 15) is 9.59 Å². The number of likely N-dealkylation sites (N-methyl/N-ethyl adjacent to an activating group) is 1. The van der Waals surface area contributed by atoms with E-state index in [2.05, 4.69) is 31.4 Å². The minimum absolute atomic E-state index is 0.0100. The molecule has 0 saturated heterocycles. The number of rotatable bonds is 8. The smallest absolute Gasteiger partial charge is 0.262 e. The van der Waals surface area contributed by atoms with Crippen molar-refractivity contribution in [3.8, 4) is 11.5 Å². The molecular weight excluding hydrogens is 356 g/mol. The van der Waals surface area contributed by atoms with Crippen molar-refractivity contribution < 1.29 is 19.1 Å². The lowest BCUT2D eigenvalue weighted by atomic mass is 9.87. The number of benzene rings is 2. The Morgan fingerprint density at radius 2 is 1.50 bits per heavy atom. The number of carbonyl (C=O) groups is 2. The van der Waals surface area contributed by atoms with E-state index in [0.717, 1.165) is 5.56 Å². The zero-order valence-corrected chi connectivity index (χ0v) is 16.9. The Morgan fingerprint density at radius 3 is 2.14 bits per heavy atom. The first kappa shape index (κ1) is 21.3. The molecule has 2 aromatic rings. The molecule has 6 nitrogen and oxygen atoms in total. The van der Waals surface area contributed by atoms with Gasteiger partial charge in [0.15, 0.2) is 13.2 Å². The first-order valence-electron chi connectivity index (χ1n) is 9.30. The maximum atomic E-state index is 12.2. The molecule has 0 aromatic heterocycles. The maximum Gasteiger partial charge on any atom is 0.262 e. The second-order valence-electron chi connectivity index (χ2n) is 7.38. The lowest BCUT2D eigenvalue weighted by Crippen LogP contribution is -2.28. The lowest BCUT2D eigenvalue weighted by molar-refractivity contribution is -0.123. The van der Waals surface area contributed by atoms with Crippen LogP contribution in [0.1, 0.15) is 33.3 Å². The number of nitrogens with one attached hydrogen (secondary N) is 2. The van der Waals surface area contributed by atoms with Gasteiger partial charge in [-0.15, -0.1) is 0 Å². The van der Waals surface area contributed by atoms with Crippen LogP contribution in [0.2, 0.25) is 0 Å². The Morgan fingerprint density at radius 1 is 0.893 bits per heavy atom. The van der Waals surface area contributed by atoms with Crippen LogP contribution >= 0.6 is 0 Å². The normalized spacial score (nSPS) is 10.9. The number of hydrogen-bond acceptors (Lipinski definition) is 4. The van der Waals surface area contributed by atoms with Crippen LogP contribution in [-0.4, -0.2) is 31.6 Å². The predicted molar refractivity (Wildman–Crippen MR) is 110 cm³/mol. The Bertz CT molecular complexity index is 812. The number of amides is 2. The third-order valence-electron chi connectivity index (χ3n) is 3.93. The molecule has 0 atom stereocenters. The van der Waals surface area contributed by atoms with Gasteiger partial charge in [-0.2, -0.15) is 0 Å². The first-order valence-corrected chi connectivity index (χ1v) is 9.30. The molecule has 0 spiro atoms. The molecule has 0 unspecified atom stereocenters. The van der Waals surface area contributed by atoms with Gasteiger partial charge < -0.3 is 20.1 Å². The monoisotopic (exact) mass is 384 g/mol. The Hall–Kier alpha value is -3.02. The van der Waals surface area contributed by atoms with Crippen LogP contribution in [-0.2, 0) is 15.0 Å². The van der Waals surface area contributed by atoms with E-state index in [0.29, 0.717) is 23.7 Å². The van der Waals surface area contributed by atoms with E-state index in [-0.39, 0.29) is 30.4 Å². The molecule has 150 valence electrons. The molecule has 0 aliphatic heterocycles. The summed E-state index contributed by atoms with van der Waals surface area (Å²) in [4.78, 5) is 23.7. The van der Waals surface area contributed by atoms with Crippen molar-refractivity contribution >= 4 is 17.5 Å². The first-order chi connectivity index (χ1) is 13.3. The maximum absolute atomic E-state index is 12.2. The Balaban J connectivity index is 1.88. The molecule has 0 saturated carbocycles. The fraction of sp³-hybridized carbons (Fsp3) is 0.364. The van der Waals surface area contributed by atoms with Crippen molar-refractivity contribution in [2.45, 2.75) is 33.1 Å². The highest BCUT2D eigenvalue weighted by atomic mass is 16.5. The van der Waals surface area contributed by atoms with Gasteiger partial charge in [-0.05, 0) is 42.2 Å². The molecule has 0 radical (unpaired) electrons. The van der Waals surface area contributed by atoms with Gasteiger partial charge in [-0.25, -0.2) is 0 Å². The van der Waals surface area contributed by atoms with E-state index in [1.54, 1.807) is 24.3 Å². The van der Waals surface area contributed by atoms with Crippen LogP contribution in [0.15, 0.2) is 48.5 Å². The third kappa shape index (κ3) is 6.95. The van der Waals surface area contributed by atoms with Gasteiger partial charge in [-0.1, -0.05) is 39.0 Å². The van der Waals surface area contributed by atoms with Gasteiger partial charge in [0, 0.05) is 18.3 Å². The van der Waals surface area contributed by atoms with E-state index >= 15 is 0 Å². The van der Waals surface area contributed by atoms with Crippen LogP contribution < -0.4 is 20.1 Å². The van der Waals surface area contributed by atoms with E-state index in [1.165, 1.54) is 0 Å². The zero-order valence-electron chi connectivity index (χ0n) is 16.9. The van der Waals surface area contributed by atoms with Crippen molar-refractivity contribution in [1.82, 2.24) is 5.32 Å². The summed E-state index contributed by atoms with van der Waals surface area (Å²) in [7, 11) is 0. The predicted octanol–water partition coefficient (Wildman–Crippen LogP) is 3.52. The van der Waals surface area contributed by atoms with Gasteiger partial charge in [0.25, 0.3) is 11.8 Å². The summed E-state index contributed by atoms with van der Waals surface area (Å²) >= 11 is 0. The molecular formula is C22H28N2O4. The largest absolute Gasteiger partial charge is 0.484 e. The summed E-state index contributed by atoms with van der Waals surface area (Å²) in [5.74, 6) is 0.689. The van der Waals surface area contributed by atoms with Gasteiger partial charge >= 0.3 is 0 Å². The Labute approximate surface area is 166 Å². The van der Waals surface area contributed by atoms with Crippen molar-refractivity contribution in [1.29, 1.82) is 0 Å². The molecule has 0 fully saturated rings. The second-order valence-corrected chi connectivity index (χ2v) is 7.38. The lowest BCUT2D eigenvalue weighted by Gasteiger charge is -2.19. The molecule has 0 aliphatic carbocycles. The fourth-order valence-electron chi connectivity index (χ4n) is 2.46.